The molecule has 0 aromatic heterocycles. The van der Waals surface area contributed by atoms with Crippen LogP contribution in [0.15, 0.2) is 22.7 Å². The smallest absolute Gasteiger partial charge is 0.240 e. The predicted octanol–water partition coefficient (Wildman–Crippen LogP) is 2.41. The van der Waals surface area contributed by atoms with Gasteiger partial charge in [-0.05, 0) is 53.4 Å². The molecule has 1 saturated heterocycles. The molecule has 1 aliphatic rings. The van der Waals surface area contributed by atoms with E-state index in [2.05, 4.69) is 21.2 Å². The van der Waals surface area contributed by atoms with Crippen molar-refractivity contribution in [2.45, 2.75) is 32.8 Å². The minimum absolute atomic E-state index is 0.00368. The third-order valence-corrected chi connectivity index (χ3v) is 4.26. The second kappa shape index (κ2) is 7.74. The molecule has 0 aliphatic carbocycles. The van der Waals surface area contributed by atoms with Crippen molar-refractivity contribution < 1.29 is 14.3 Å². The monoisotopic (exact) mass is 368 g/mol. The first-order valence-corrected chi connectivity index (χ1v) is 8.19. The summed E-state index contributed by atoms with van der Waals surface area (Å²) in [5, 5.41) is 2.84. The first-order valence-electron chi connectivity index (χ1n) is 7.40. The Kier molecular flexibility index (Phi) is 5.97. The van der Waals surface area contributed by atoms with Crippen LogP contribution in [0, 0.1) is 6.92 Å². The van der Waals surface area contributed by atoms with Gasteiger partial charge in [-0.15, -0.1) is 0 Å². The first kappa shape index (κ1) is 17.0. The molecule has 6 heteroatoms. The molecule has 0 bridgehead atoms. The van der Waals surface area contributed by atoms with Crippen LogP contribution in [-0.2, 0) is 14.3 Å². The largest absolute Gasteiger partial charge is 0.376 e. The number of benzene rings is 1. The van der Waals surface area contributed by atoms with Gasteiger partial charge in [-0.1, -0.05) is 6.07 Å². The van der Waals surface area contributed by atoms with Gasteiger partial charge in [0.1, 0.15) is 6.54 Å². The Balaban J connectivity index is 1.98. The summed E-state index contributed by atoms with van der Waals surface area (Å²) in [5.41, 5.74) is 1.78. The van der Waals surface area contributed by atoms with Crippen molar-refractivity contribution in [3.8, 4) is 0 Å². The van der Waals surface area contributed by atoms with Crippen molar-refractivity contribution in [3.05, 3.63) is 28.2 Å². The molecular formula is C16H21BrN2O3. The molecule has 1 unspecified atom stereocenters. The summed E-state index contributed by atoms with van der Waals surface area (Å²) in [6, 6.07) is 5.68. The Morgan fingerprint density at radius 3 is 2.82 bits per heavy atom. The van der Waals surface area contributed by atoms with Gasteiger partial charge in [0.05, 0.1) is 11.8 Å². The zero-order chi connectivity index (χ0) is 16.1. The lowest BCUT2D eigenvalue weighted by Crippen LogP contribution is -2.42. The number of nitrogens with one attached hydrogen (secondary N) is 1. The number of ether oxygens (including phenoxy) is 1. The number of carbonyl (C=O) groups is 2. The molecule has 1 aromatic carbocycles. The number of hydrogen-bond acceptors (Lipinski definition) is 3. The Bertz CT molecular complexity index is 556. The van der Waals surface area contributed by atoms with E-state index in [1.807, 2.05) is 25.1 Å². The summed E-state index contributed by atoms with van der Waals surface area (Å²) in [7, 11) is 0. The molecule has 0 spiro atoms. The Labute approximate surface area is 139 Å². The number of anilines is 1. The van der Waals surface area contributed by atoms with Crippen molar-refractivity contribution in [3.63, 3.8) is 0 Å². The number of nitrogens with zero attached hydrogens (tertiary/aromatic N) is 1. The van der Waals surface area contributed by atoms with E-state index in [1.54, 1.807) is 0 Å². The Hall–Kier alpha value is -1.40. The first-order chi connectivity index (χ1) is 10.5. The highest BCUT2D eigenvalue weighted by Crippen LogP contribution is 2.27. The van der Waals surface area contributed by atoms with E-state index in [1.165, 1.54) is 11.8 Å². The van der Waals surface area contributed by atoms with Crippen LogP contribution in [0.1, 0.15) is 25.3 Å². The van der Waals surface area contributed by atoms with Crippen LogP contribution in [0.5, 0.6) is 0 Å². The fraction of sp³-hybridized carbons (Fsp3) is 0.500. The van der Waals surface area contributed by atoms with Gasteiger partial charge in [-0.3, -0.25) is 9.59 Å². The average molecular weight is 369 g/mol. The summed E-state index contributed by atoms with van der Waals surface area (Å²) < 4.78 is 6.27. The van der Waals surface area contributed by atoms with Crippen LogP contribution in [0.3, 0.4) is 0 Å². The van der Waals surface area contributed by atoms with E-state index in [4.69, 9.17) is 4.74 Å². The maximum absolute atomic E-state index is 12.1. The molecule has 1 heterocycles. The third-order valence-electron chi connectivity index (χ3n) is 3.63. The minimum atomic E-state index is -0.182. The SMILES string of the molecule is CC(=O)N(CC(=O)NCC1CCCO1)c1ccc(C)cc1Br. The maximum Gasteiger partial charge on any atom is 0.240 e. The molecular weight excluding hydrogens is 348 g/mol. The molecule has 1 N–H and O–H groups in total. The predicted molar refractivity (Wildman–Crippen MR) is 88.9 cm³/mol. The number of halogens is 1. The highest BCUT2D eigenvalue weighted by Gasteiger charge is 2.20. The van der Waals surface area contributed by atoms with Gasteiger partial charge in [-0.25, -0.2) is 0 Å². The fourth-order valence-electron chi connectivity index (χ4n) is 2.43. The van der Waals surface area contributed by atoms with E-state index in [0.29, 0.717) is 12.2 Å². The van der Waals surface area contributed by atoms with Crippen LogP contribution in [-0.4, -0.2) is 37.6 Å². The van der Waals surface area contributed by atoms with E-state index in [9.17, 15) is 9.59 Å². The third kappa shape index (κ3) is 4.55. The molecule has 22 heavy (non-hydrogen) atoms. The van der Waals surface area contributed by atoms with Crippen LogP contribution >= 0.6 is 15.9 Å². The zero-order valence-electron chi connectivity index (χ0n) is 12.9. The molecule has 0 saturated carbocycles. The van der Waals surface area contributed by atoms with Crippen LogP contribution in [0.4, 0.5) is 5.69 Å². The van der Waals surface area contributed by atoms with Crippen molar-refractivity contribution in [1.29, 1.82) is 0 Å². The maximum atomic E-state index is 12.1. The van der Waals surface area contributed by atoms with Crippen LogP contribution < -0.4 is 10.2 Å². The second-order valence-electron chi connectivity index (χ2n) is 5.50. The highest BCUT2D eigenvalue weighted by molar-refractivity contribution is 9.10. The number of hydrogen-bond donors (Lipinski definition) is 1. The van der Waals surface area contributed by atoms with Crippen molar-refractivity contribution in [2.24, 2.45) is 0 Å². The van der Waals surface area contributed by atoms with E-state index >= 15 is 0 Å². The fourth-order valence-corrected chi connectivity index (χ4v) is 3.14. The summed E-state index contributed by atoms with van der Waals surface area (Å²) >= 11 is 3.45. The molecule has 1 atom stereocenters. The lowest BCUT2D eigenvalue weighted by molar-refractivity contribution is -0.123. The Morgan fingerprint density at radius 2 is 2.23 bits per heavy atom. The summed E-state index contributed by atoms with van der Waals surface area (Å²) in [4.78, 5) is 25.4. The summed E-state index contributed by atoms with van der Waals surface area (Å²) in [5.74, 6) is -0.352. The lowest BCUT2D eigenvalue weighted by Gasteiger charge is -2.22. The van der Waals surface area contributed by atoms with Gasteiger partial charge in [0, 0.05) is 24.5 Å². The molecule has 2 rings (SSSR count). The molecule has 1 fully saturated rings. The second-order valence-corrected chi connectivity index (χ2v) is 6.35. The molecule has 1 aromatic rings. The summed E-state index contributed by atoms with van der Waals surface area (Å²) in [6.07, 6.45) is 2.11. The van der Waals surface area contributed by atoms with Gasteiger partial charge in [0.2, 0.25) is 11.8 Å². The van der Waals surface area contributed by atoms with Gasteiger partial charge in [0.15, 0.2) is 0 Å². The number of amides is 2. The van der Waals surface area contributed by atoms with E-state index in [0.717, 1.165) is 29.5 Å². The molecule has 120 valence electrons. The number of rotatable bonds is 5. The van der Waals surface area contributed by atoms with Crippen molar-refractivity contribution in [1.82, 2.24) is 5.32 Å². The highest BCUT2D eigenvalue weighted by atomic mass is 79.9. The number of aryl methyl sites for hydroxylation is 1. The van der Waals surface area contributed by atoms with E-state index < -0.39 is 0 Å². The molecule has 0 radical (unpaired) electrons. The number of carbonyl (C=O) groups excluding carboxylic acids is 2. The molecule has 1 aliphatic heterocycles. The zero-order valence-corrected chi connectivity index (χ0v) is 14.5. The normalized spacial score (nSPS) is 17.3. The van der Waals surface area contributed by atoms with E-state index in [-0.39, 0.29) is 24.5 Å². The minimum Gasteiger partial charge on any atom is -0.376 e. The van der Waals surface area contributed by atoms with Gasteiger partial charge in [0.25, 0.3) is 0 Å². The lowest BCUT2D eigenvalue weighted by atomic mass is 10.2. The summed E-state index contributed by atoms with van der Waals surface area (Å²) in [6.45, 7) is 4.69. The Morgan fingerprint density at radius 1 is 1.45 bits per heavy atom. The standard InChI is InChI=1S/C16H21BrN2O3/c1-11-5-6-15(14(17)8-11)19(12(2)20)10-16(21)18-9-13-4-3-7-22-13/h5-6,8,13H,3-4,7,9-10H2,1-2H3,(H,18,21). The van der Waals surface area contributed by atoms with Gasteiger partial charge >= 0.3 is 0 Å². The van der Waals surface area contributed by atoms with Crippen molar-refractivity contribution >= 4 is 33.4 Å². The van der Waals surface area contributed by atoms with Crippen LogP contribution in [0.25, 0.3) is 0 Å². The van der Waals surface area contributed by atoms with Crippen LogP contribution in [0.2, 0.25) is 0 Å². The quantitative estimate of drug-likeness (QED) is 0.867. The topological polar surface area (TPSA) is 58.6 Å². The molecule has 5 nitrogen and oxygen atoms in total. The van der Waals surface area contributed by atoms with Gasteiger partial charge < -0.3 is 15.0 Å². The average Bonchev–Trinajstić information content (AvgIpc) is 2.96. The van der Waals surface area contributed by atoms with Crippen molar-refractivity contribution in [2.75, 3.05) is 24.6 Å². The van der Waals surface area contributed by atoms with Gasteiger partial charge in [-0.2, -0.15) is 0 Å². The molecule has 2 amide bonds.